The largest absolute Gasteiger partial charge is 0.272 e. The molecule has 2 amide bonds. The lowest BCUT2D eigenvalue weighted by Crippen LogP contribution is -2.30. The van der Waals surface area contributed by atoms with Gasteiger partial charge >= 0.3 is 0 Å². The lowest BCUT2D eigenvalue weighted by atomic mass is 9.85. The second-order valence-corrected chi connectivity index (χ2v) is 7.30. The predicted molar refractivity (Wildman–Crippen MR) is 87.3 cm³/mol. The Morgan fingerprint density at radius 3 is 2.12 bits per heavy atom. The van der Waals surface area contributed by atoms with Crippen LogP contribution in [0, 0.1) is 39.2 Å². The Kier molecular flexibility index (Phi) is 2.68. The van der Waals surface area contributed by atoms with Crippen LogP contribution in [-0.4, -0.2) is 28.0 Å². The summed E-state index contributed by atoms with van der Waals surface area (Å²) in [6.45, 7) is 0. The molecule has 1 aromatic carbocycles. The number of nitro groups is 1. The first-order chi connectivity index (χ1) is 12.0. The van der Waals surface area contributed by atoms with Gasteiger partial charge in [-0.3, -0.25) is 19.7 Å². The van der Waals surface area contributed by atoms with E-state index in [9.17, 15) is 19.7 Å². The highest BCUT2D eigenvalue weighted by Gasteiger charge is 2.73. The van der Waals surface area contributed by atoms with Crippen LogP contribution >= 0.6 is 0 Å². The van der Waals surface area contributed by atoms with Gasteiger partial charge in [-0.1, -0.05) is 12.2 Å². The van der Waals surface area contributed by atoms with E-state index in [1.165, 1.54) is 30.5 Å². The van der Waals surface area contributed by atoms with Crippen molar-refractivity contribution >= 4 is 23.7 Å². The normalized spacial score (nSPS) is 33.7. The number of hydrogen-bond acceptors (Lipinski definition) is 5. The molecule has 0 N–H and O–H groups in total. The van der Waals surface area contributed by atoms with Crippen molar-refractivity contribution in [2.45, 2.75) is 12.8 Å². The van der Waals surface area contributed by atoms with Gasteiger partial charge in [0.05, 0.1) is 23.0 Å². The van der Waals surface area contributed by atoms with E-state index in [1.54, 1.807) is 0 Å². The molecule has 5 rings (SSSR count). The van der Waals surface area contributed by atoms with E-state index in [2.05, 4.69) is 17.3 Å². The first kappa shape index (κ1) is 14.5. The summed E-state index contributed by atoms with van der Waals surface area (Å²) in [6, 6.07) is 5.81. The molecule has 0 aromatic heterocycles. The smallest absolute Gasteiger partial charge is 0.269 e. The fraction of sp³-hybridized carbons (Fsp3) is 0.389. The van der Waals surface area contributed by atoms with E-state index in [0.717, 1.165) is 17.9 Å². The Balaban J connectivity index is 1.39. The minimum atomic E-state index is -0.480. The van der Waals surface area contributed by atoms with Gasteiger partial charge < -0.3 is 0 Å². The number of benzene rings is 1. The summed E-state index contributed by atoms with van der Waals surface area (Å²) >= 11 is 0. The van der Waals surface area contributed by atoms with Gasteiger partial charge in [0.1, 0.15) is 0 Å². The van der Waals surface area contributed by atoms with E-state index in [4.69, 9.17) is 0 Å². The summed E-state index contributed by atoms with van der Waals surface area (Å²) in [6.07, 6.45) is 7.85. The van der Waals surface area contributed by atoms with Gasteiger partial charge in [0, 0.05) is 12.1 Å². The minimum Gasteiger partial charge on any atom is -0.272 e. The van der Waals surface area contributed by atoms with Gasteiger partial charge in [-0.25, -0.2) is 0 Å². The third-order valence-corrected chi connectivity index (χ3v) is 6.26. The number of amides is 2. The molecule has 7 heteroatoms. The van der Waals surface area contributed by atoms with Crippen molar-refractivity contribution in [3.8, 4) is 0 Å². The Morgan fingerprint density at radius 1 is 1.08 bits per heavy atom. The Morgan fingerprint density at radius 2 is 1.64 bits per heavy atom. The number of allylic oxidation sites excluding steroid dienone is 2. The van der Waals surface area contributed by atoms with Gasteiger partial charge in [0.2, 0.25) is 0 Å². The summed E-state index contributed by atoms with van der Waals surface area (Å²) in [5.74, 6) is -0.595. The molecule has 0 unspecified atom stereocenters. The second kappa shape index (κ2) is 4.62. The number of hydrazone groups is 1. The van der Waals surface area contributed by atoms with Crippen LogP contribution in [0.15, 0.2) is 41.5 Å². The monoisotopic (exact) mass is 337 g/mol. The molecule has 0 radical (unpaired) electrons. The Hall–Kier alpha value is -2.83. The molecular formula is C18H15N3O4. The molecule has 7 nitrogen and oxygen atoms in total. The van der Waals surface area contributed by atoms with Crippen LogP contribution in [0.5, 0.6) is 0 Å². The Labute approximate surface area is 143 Å². The maximum atomic E-state index is 12.7. The van der Waals surface area contributed by atoms with Gasteiger partial charge in [0.15, 0.2) is 0 Å². The fourth-order valence-corrected chi connectivity index (χ4v) is 4.98. The fourth-order valence-electron chi connectivity index (χ4n) is 4.98. The average molecular weight is 337 g/mol. The molecule has 1 heterocycles. The zero-order valence-corrected chi connectivity index (χ0v) is 13.2. The molecule has 2 bridgehead atoms. The first-order valence-electron chi connectivity index (χ1n) is 8.37. The Bertz CT molecular complexity index is 835. The van der Waals surface area contributed by atoms with Crippen molar-refractivity contribution in [3.63, 3.8) is 0 Å². The number of carbonyl (C=O) groups is 2. The highest BCUT2D eigenvalue weighted by Crippen LogP contribution is 2.73. The third-order valence-electron chi connectivity index (χ3n) is 6.26. The van der Waals surface area contributed by atoms with Crippen LogP contribution in [0.3, 0.4) is 0 Å². The molecule has 25 heavy (non-hydrogen) atoms. The van der Waals surface area contributed by atoms with Crippen molar-refractivity contribution < 1.29 is 14.5 Å². The molecule has 3 fully saturated rings. The van der Waals surface area contributed by atoms with E-state index < -0.39 is 4.92 Å². The standard InChI is InChI=1S/C18H15N3O4/c22-16-14-12-5-6-13(18(12)7-8-18)15(14)17(23)20(16)19-9-10-1-3-11(4-2-10)21(24)25/h1-6,9,12-15H,7-8H2/b19-9-/t12-,13-,14-,15+/m0/s1. The van der Waals surface area contributed by atoms with E-state index >= 15 is 0 Å². The van der Waals surface area contributed by atoms with E-state index in [1.807, 2.05) is 0 Å². The molecule has 2 saturated carbocycles. The molecular weight excluding hydrogens is 322 g/mol. The summed E-state index contributed by atoms with van der Waals surface area (Å²) in [5, 5.41) is 15.8. The number of imide groups is 1. The molecule has 1 saturated heterocycles. The highest BCUT2D eigenvalue weighted by atomic mass is 16.6. The quantitative estimate of drug-likeness (QED) is 0.278. The van der Waals surface area contributed by atoms with Crippen LogP contribution in [0.25, 0.3) is 0 Å². The maximum absolute atomic E-state index is 12.7. The van der Waals surface area contributed by atoms with Gasteiger partial charge in [0.25, 0.3) is 17.5 Å². The SMILES string of the molecule is O=C1[C@@H]2[C@H](C(=O)N1/N=C\c1ccc([N+](=O)[O-])cc1)[C@@H]1C=C[C@@H]2C12CC2. The van der Waals surface area contributed by atoms with Gasteiger partial charge in [-0.05, 0) is 47.8 Å². The van der Waals surface area contributed by atoms with Crippen molar-refractivity contribution in [3.05, 3.63) is 52.1 Å². The van der Waals surface area contributed by atoms with Crippen molar-refractivity contribution in [1.82, 2.24) is 5.01 Å². The molecule has 1 spiro atoms. The number of rotatable bonds is 3. The van der Waals surface area contributed by atoms with E-state index in [0.29, 0.717) is 5.56 Å². The average Bonchev–Trinajstić information content (AvgIpc) is 3.20. The molecule has 1 aliphatic heterocycles. The predicted octanol–water partition coefficient (Wildman–Crippen LogP) is 2.13. The minimum absolute atomic E-state index is 0.0163. The topological polar surface area (TPSA) is 92.9 Å². The molecule has 4 aliphatic rings. The van der Waals surface area contributed by atoms with Crippen LogP contribution in [0.4, 0.5) is 5.69 Å². The molecule has 1 aromatic rings. The zero-order valence-electron chi connectivity index (χ0n) is 13.2. The van der Waals surface area contributed by atoms with Crippen LogP contribution in [0.1, 0.15) is 18.4 Å². The van der Waals surface area contributed by atoms with Gasteiger partial charge in [-0.15, -0.1) is 0 Å². The number of hydrogen-bond donors (Lipinski definition) is 0. The lowest BCUT2D eigenvalue weighted by Gasteiger charge is -2.18. The van der Waals surface area contributed by atoms with Crippen molar-refractivity contribution in [2.24, 2.45) is 34.2 Å². The number of nitrogens with zero attached hydrogens (tertiary/aromatic N) is 3. The number of non-ortho nitro benzene ring substituents is 1. The third kappa shape index (κ3) is 1.78. The molecule has 3 aliphatic carbocycles. The number of nitro benzene ring substituents is 1. The number of fused-ring (bicyclic) bond motifs is 3. The zero-order chi connectivity index (χ0) is 17.3. The van der Waals surface area contributed by atoms with Crippen molar-refractivity contribution in [1.29, 1.82) is 0 Å². The molecule has 126 valence electrons. The van der Waals surface area contributed by atoms with Crippen molar-refractivity contribution in [2.75, 3.05) is 0 Å². The summed E-state index contributed by atoms with van der Waals surface area (Å²) < 4.78 is 0. The number of carbonyl (C=O) groups excluding carboxylic acids is 2. The van der Waals surface area contributed by atoms with E-state index in [-0.39, 0.29) is 46.6 Å². The maximum Gasteiger partial charge on any atom is 0.269 e. The van der Waals surface area contributed by atoms with Crippen LogP contribution in [0.2, 0.25) is 0 Å². The van der Waals surface area contributed by atoms with Crippen LogP contribution in [-0.2, 0) is 9.59 Å². The summed E-state index contributed by atoms with van der Waals surface area (Å²) in [4.78, 5) is 35.7. The second-order valence-electron chi connectivity index (χ2n) is 7.30. The lowest BCUT2D eigenvalue weighted by molar-refractivity contribution is -0.384. The molecule has 4 atom stereocenters. The highest BCUT2D eigenvalue weighted by molar-refractivity contribution is 6.07. The summed E-state index contributed by atoms with van der Waals surface area (Å²) in [7, 11) is 0. The van der Waals surface area contributed by atoms with Gasteiger partial charge in [-0.2, -0.15) is 10.1 Å². The summed E-state index contributed by atoms with van der Waals surface area (Å²) in [5.41, 5.74) is 0.759. The first-order valence-corrected chi connectivity index (χ1v) is 8.37. The van der Waals surface area contributed by atoms with Crippen LogP contribution < -0.4 is 0 Å².